The largest absolute Gasteiger partial charge is 0.343 e. The minimum Gasteiger partial charge on any atom is -0.343 e. The van der Waals surface area contributed by atoms with Gasteiger partial charge in [-0.1, -0.05) is 24.8 Å². The van der Waals surface area contributed by atoms with Gasteiger partial charge in [-0.25, -0.2) is 4.39 Å². The number of benzene rings is 1. The zero-order valence-electron chi connectivity index (χ0n) is 17.3. The van der Waals surface area contributed by atoms with Crippen molar-refractivity contribution in [1.82, 2.24) is 14.9 Å². The van der Waals surface area contributed by atoms with Crippen LogP contribution in [-0.2, 0) is 14.4 Å². The number of likely N-dealkylation sites (tertiary alicyclic amines) is 1. The maximum Gasteiger partial charge on any atom is 0.246 e. The van der Waals surface area contributed by atoms with Gasteiger partial charge in [-0.3, -0.25) is 19.1 Å². The second-order valence-corrected chi connectivity index (χ2v) is 8.58. The molecule has 1 aliphatic heterocycles. The highest BCUT2D eigenvalue weighted by atomic mass is 32.2. The molecule has 2 fully saturated rings. The molecule has 0 spiro atoms. The lowest BCUT2D eigenvalue weighted by atomic mass is 9.95. The maximum atomic E-state index is 13.9. The lowest BCUT2D eigenvalue weighted by Crippen LogP contribution is -2.51. The van der Waals surface area contributed by atoms with Crippen molar-refractivity contribution in [3.05, 3.63) is 29.6 Å². The standard InChI is InChI=1S/C21H26FN5O3S/c1-31-25-10-20(29)26-19(6-13-2-3-13)21(30)27-11-14(7-16(27)9-23)17-8-15(22)4-5-18(17)24-12-28/h4-5,8,12-14,16,19,25H,2-3,6-7,10-11H2,1H3,(H,24,28)(H,26,29). The summed E-state index contributed by atoms with van der Waals surface area (Å²) in [5.41, 5.74) is 1.01. The first-order chi connectivity index (χ1) is 15.0. The number of rotatable bonds is 10. The van der Waals surface area contributed by atoms with E-state index in [-0.39, 0.29) is 30.8 Å². The fourth-order valence-electron chi connectivity index (χ4n) is 3.99. The highest BCUT2D eigenvalue weighted by molar-refractivity contribution is 7.96. The molecule has 10 heteroatoms. The van der Waals surface area contributed by atoms with E-state index in [1.165, 1.54) is 35.0 Å². The van der Waals surface area contributed by atoms with Gasteiger partial charge >= 0.3 is 0 Å². The lowest BCUT2D eigenvalue weighted by molar-refractivity contribution is -0.136. The van der Waals surface area contributed by atoms with Crippen LogP contribution in [0.5, 0.6) is 0 Å². The molecule has 31 heavy (non-hydrogen) atoms. The molecular formula is C21H26FN5O3S. The van der Waals surface area contributed by atoms with E-state index in [0.29, 0.717) is 36.4 Å². The van der Waals surface area contributed by atoms with E-state index in [1.54, 1.807) is 0 Å². The Morgan fingerprint density at radius 3 is 2.84 bits per heavy atom. The second kappa shape index (κ2) is 10.6. The number of carbonyl (C=O) groups is 3. The van der Waals surface area contributed by atoms with Gasteiger partial charge in [-0.05, 0) is 48.8 Å². The SMILES string of the molecule is CSNCC(=O)NC(CC1CC1)C(=O)N1CC(c2cc(F)ccc2NC=O)CC1C#N. The summed E-state index contributed by atoms with van der Waals surface area (Å²) in [6.45, 7) is 0.304. The third-order valence-corrected chi connectivity index (χ3v) is 6.11. The Morgan fingerprint density at radius 1 is 1.42 bits per heavy atom. The van der Waals surface area contributed by atoms with Gasteiger partial charge in [0, 0.05) is 18.2 Å². The highest BCUT2D eigenvalue weighted by Crippen LogP contribution is 2.38. The molecule has 8 nitrogen and oxygen atoms in total. The summed E-state index contributed by atoms with van der Waals surface area (Å²) >= 11 is 1.31. The molecule has 0 radical (unpaired) electrons. The van der Waals surface area contributed by atoms with Crippen molar-refractivity contribution < 1.29 is 18.8 Å². The lowest BCUT2D eigenvalue weighted by Gasteiger charge is -2.26. The molecule has 0 bridgehead atoms. The number of halogens is 1. The molecule has 1 aliphatic carbocycles. The third kappa shape index (κ3) is 5.95. The average Bonchev–Trinajstić information content (AvgIpc) is 3.47. The number of amides is 3. The van der Waals surface area contributed by atoms with Crippen LogP contribution in [0.4, 0.5) is 10.1 Å². The monoisotopic (exact) mass is 447 g/mol. The summed E-state index contributed by atoms with van der Waals surface area (Å²) in [7, 11) is 0. The second-order valence-electron chi connectivity index (χ2n) is 7.89. The number of nitrogens with one attached hydrogen (secondary N) is 3. The summed E-state index contributed by atoms with van der Waals surface area (Å²) in [5.74, 6) is -0.930. The van der Waals surface area contributed by atoms with Crippen LogP contribution in [0.1, 0.15) is 37.2 Å². The maximum absolute atomic E-state index is 13.9. The van der Waals surface area contributed by atoms with Crippen molar-refractivity contribution in [2.24, 2.45) is 5.92 Å². The predicted molar refractivity (Wildman–Crippen MR) is 115 cm³/mol. The van der Waals surface area contributed by atoms with Crippen LogP contribution in [0.25, 0.3) is 0 Å². The minimum atomic E-state index is -0.696. The van der Waals surface area contributed by atoms with Crippen molar-refractivity contribution in [1.29, 1.82) is 5.26 Å². The molecule has 1 aromatic carbocycles. The summed E-state index contributed by atoms with van der Waals surface area (Å²) < 4.78 is 16.7. The fraction of sp³-hybridized carbons (Fsp3) is 0.524. The van der Waals surface area contributed by atoms with Crippen LogP contribution in [0.3, 0.4) is 0 Å². The van der Waals surface area contributed by atoms with Crippen molar-refractivity contribution in [3.63, 3.8) is 0 Å². The van der Waals surface area contributed by atoms with Gasteiger partial charge in [0.05, 0.1) is 12.6 Å². The Balaban J connectivity index is 1.77. The Labute approximate surface area is 185 Å². The molecule has 3 atom stereocenters. The molecule has 1 saturated carbocycles. The summed E-state index contributed by atoms with van der Waals surface area (Å²) in [4.78, 5) is 38.0. The van der Waals surface area contributed by atoms with Crippen molar-refractivity contribution >= 4 is 35.9 Å². The molecule has 3 unspecified atom stereocenters. The smallest absolute Gasteiger partial charge is 0.246 e. The Kier molecular flexibility index (Phi) is 7.87. The van der Waals surface area contributed by atoms with Gasteiger partial charge in [0.2, 0.25) is 18.2 Å². The molecule has 1 heterocycles. The molecule has 3 rings (SSSR count). The number of nitriles is 1. The fourth-order valence-corrected chi connectivity index (χ4v) is 4.26. The molecule has 2 aliphatic rings. The van der Waals surface area contributed by atoms with Gasteiger partial charge in [0.1, 0.15) is 17.9 Å². The number of carbonyl (C=O) groups excluding carboxylic acids is 3. The van der Waals surface area contributed by atoms with Crippen LogP contribution >= 0.6 is 11.9 Å². The molecular weight excluding hydrogens is 421 g/mol. The first kappa shape index (κ1) is 23.0. The topological polar surface area (TPSA) is 114 Å². The van der Waals surface area contributed by atoms with E-state index >= 15 is 0 Å². The molecule has 0 aromatic heterocycles. The molecule has 1 saturated heterocycles. The first-order valence-corrected chi connectivity index (χ1v) is 11.4. The van der Waals surface area contributed by atoms with Gasteiger partial charge < -0.3 is 15.5 Å². The summed E-state index contributed by atoms with van der Waals surface area (Å²) in [6.07, 6.45) is 5.24. The number of nitrogens with zero attached hydrogens (tertiary/aromatic N) is 2. The third-order valence-electron chi connectivity index (χ3n) is 5.68. The Morgan fingerprint density at radius 2 is 2.19 bits per heavy atom. The molecule has 3 amide bonds. The van der Waals surface area contributed by atoms with E-state index in [4.69, 9.17) is 0 Å². The van der Waals surface area contributed by atoms with E-state index in [9.17, 15) is 24.0 Å². The van der Waals surface area contributed by atoms with Crippen LogP contribution in [-0.4, -0.2) is 54.6 Å². The number of hydrogen-bond acceptors (Lipinski definition) is 6. The number of anilines is 1. The van der Waals surface area contributed by atoms with Gasteiger partial charge in [0.15, 0.2) is 0 Å². The van der Waals surface area contributed by atoms with E-state index in [1.807, 2.05) is 6.26 Å². The molecule has 3 N–H and O–H groups in total. The number of hydrogen-bond donors (Lipinski definition) is 3. The van der Waals surface area contributed by atoms with Crippen LogP contribution in [0.2, 0.25) is 0 Å². The van der Waals surface area contributed by atoms with E-state index < -0.39 is 17.9 Å². The first-order valence-electron chi connectivity index (χ1n) is 10.2. The van der Waals surface area contributed by atoms with Crippen molar-refractivity contribution in [2.75, 3.05) is 24.7 Å². The normalized spacial score (nSPS) is 21.3. The van der Waals surface area contributed by atoms with Gasteiger partial charge in [-0.2, -0.15) is 5.26 Å². The van der Waals surface area contributed by atoms with Crippen molar-refractivity contribution in [3.8, 4) is 6.07 Å². The van der Waals surface area contributed by atoms with E-state index in [2.05, 4.69) is 21.4 Å². The Bertz CT molecular complexity index is 873. The van der Waals surface area contributed by atoms with E-state index in [0.717, 1.165) is 12.8 Å². The molecule has 166 valence electrons. The van der Waals surface area contributed by atoms with Gasteiger partial charge in [-0.15, -0.1) is 0 Å². The molecule has 1 aromatic rings. The van der Waals surface area contributed by atoms with Crippen LogP contribution in [0.15, 0.2) is 18.2 Å². The minimum absolute atomic E-state index is 0.0872. The van der Waals surface area contributed by atoms with Crippen LogP contribution < -0.4 is 15.4 Å². The summed E-state index contributed by atoms with van der Waals surface area (Å²) in [5, 5.41) is 15.0. The zero-order chi connectivity index (χ0) is 22.4. The van der Waals surface area contributed by atoms with Gasteiger partial charge in [0.25, 0.3) is 0 Å². The summed E-state index contributed by atoms with van der Waals surface area (Å²) in [6, 6.07) is 4.83. The average molecular weight is 448 g/mol. The van der Waals surface area contributed by atoms with Crippen molar-refractivity contribution in [2.45, 2.75) is 43.7 Å². The zero-order valence-corrected chi connectivity index (χ0v) is 18.1. The quantitative estimate of drug-likeness (QED) is 0.372. The predicted octanol–water partition coefficient (Wildman–Crippen LogP) is 1.75. The highest BCUT2D eigenvalue weighted by Gasteiger charge is 2.41. The Hall–Kier alpha value is -2.64. The van der Waals surface area contributed by atoms with Crippen LogP contribution in [0, 0.1) is 23.1 Å².